The molecule has 0 spiro atoms. The molecule has 1 fully saturated rings. The largest absolute Gasteiger partial charge is 0.493 e. The number of fused-ring (bicyclic) bond motifs is 1. The molecule has 2 atom stereocenters. The summed E-state index contributed by atoms with van der Waals surface area (Å²) in [4.78, 5) is 0. The Hall–Kier alpha value is -1.06. The molecule has 3 nitrogen and oxygen atoms in total. The number of rotatable bonds is 2. The molecule has 0 saturated carbocycles. The standard InChI is InChI=1S/C14H19NO2/c15-14(13-4-2-8-17-13)11-5-6-12-10(9-11)3-1-7-16-12/h5-6,9,13-14H,1-4,7-8,15H2. The van der Waals surface area contributed by atoms with E-state index in [0.29, 0.717) is 0 Å². The van der Waals surface area contributed by atoms with Crippen LogP contribution in [-0.2, 0) is 11.2 Å². The highest BCUT2D eigenvalue weighted by Crippen LogP contribution is 2.30. The molecule has 92 valence electrons. The summed E-state index contributed by atoms with van der Waals surface area (Å²) in [7, 11) is 0. The smallest absolute Gasteiger partial charge is 0.122 e. The lowest BCUT2D eigenvalue weighted by atomic mass is 9.96. The van der Waals surface area contributed by atoms with Crippen LogP contribution in [-0.4, -0.2) is 19.3 Å². The lowest BCUT2D eigenvalue weighted by Gasteiger charge is -2.22. The lowest BCUT2D eigenvalue weighted by molar-refractivity contribution is 0.0900. The molecule has 0 radical (unpaired) electrons. The molecular weight excluding hydrogens is 214 g/mol. The molecule has 17 heavy (non-hydrogen) atoms. The summed E-state index contributed by atoms with van der Waals surface area (Å²) < 4.78 is 11.3. The van der Waals surface area contributed by atoms with Crippen LogP contribution in [0.2, 0.25) is 0 Å². The van der Waals surface area contributed by atoms with Crippen molar-refractivity contribution in [2.75, 3.05) is 13.2 Å². The van der Waals surface area contributed by atoms with Gasteiger partial charge >= 0.3 is 0 Å². The third kappa shape index (κ3) is 2.17. The first-order valence-corrected chi connectivity index (χ1v) is 6.47. The van der Waals surface area contributed by atoms with E-state index in [4.69, 9.17) is 15.2 Å². The van der Waals surface area contributed by atoms with Gasteiger partial charge in [0.15, 0.2) is 0 Å². The Morgan fingerprint density at radius 2 is 2.18 bits per heavy atom. The molecule has 2 heterocycles. The Bertz CT molecular complexity index is 399. The van der Waals surface area contributed by atoms with E-state index in [9.17, 15) is 0 Å². The van der Waals surface area contributed by atoms with Crippen LogP contribution in [0.25, 0.3) is 0 Å². The molecule has 3 rings (SSSR count). The van der Waals surface area contributed by atoms with Gasteiger partial charge in [0.2, 0.25) is 0 Å². The van der Waals surface area contributed by atoms with Gasteiger partial charge in [-0.25, -0.2) is 0 Å². The van der Waals surface area contributed by atoms with Gasteiger partial charge in [0.25, 0.3) is 0 Å². The molecule has 0 aromatic heterocycles. The molecule has 1 aromatic rings. The van der Waals surface area contributed by atoms with Crippen LogP contribution >= 0.6 is 0 Å². The predicted molar refractivity (Wildman–Crippen MR) is 66.2 cm³/mol. The van der Waals surface area contributed by atoms with Crippen molar-refractivity contribution in [2.45, 2.75) is 37.8 Å². The highest BCUT2D eigenvalue weighted by atomic mass is 16.5. The van der Waals surface area contributed by atoms with Crippen LogP contribution in [0, 0.1) is 0 Å². The van der Waals surface area contributed by atoms with Gasteiger partial charge in [0.05, 0.1) is 18.8 Å². The quantitative estimate of drug-likeness (QED) is 0.851. The Morgan fingerprint density at radius 3 is 3.00 bits per heavy atom. The lowest BCUT2D eigenvalue weighted by Crippen LogP contribution is -2.25. The Kier molecular flexibility index (Phi) is 3.04. The minimum absolute atomic E-state index is 0.00438. The number of nitrogens with two attached hydrogens (primary N) is 1. The van der Waals surface area contributed by atoms with Gasteiger partial charge in [-0.3, -0.25) is 0 Å². The average molecular weight is 233 g/mol. The SMILES string of the molecule is NC(c1ccc2c(c1)CCCO2)C1CCCO1. The molecule has 3 heteroatoms. The van der Waals surface area contributed by atoms with E-state index in [2.05, 4.69) is 18.2 Å². The van der Waals surface area contributed by atoms with E-state index in [1.807, 2.05) is 0 Å². The van der Waals surface area contributed by atoms with Gasteiger partial charge in [-0.05, 0) is 42.9 Å². The zero-order valence-electron chi connectivity index (χ0n) is 10.0. The van der Waals surface area contributed by atoms with Crippen LogP contribution in [0.15, 0.2) is 18.2 Å². The molecule has 0 bridgehead atoms. The number of benzene rings is 1. The second kappa shape index (κ2) is 4.67. The molecular formula is C14H19NO2. The van der Waals surface area contributed by atoms with Gasteiger partial charge < -0.3 is 15.2 Å². The van der Waals surface area contributed by atoms with Crippen molar-refractivity contribution in [3.63, 3.8) is 0 Å². The van der Waals surface area contributed by atoms with Crippen molar-refractivity contribution < 1.29 is 9.47 Å². The van der Waals surface area contributed by atoms with Crippen molar-refractivity contribution in [1.82, 2.24) is 0 Å². The predicted octanol–water partition coefficient (Wildman–Crippen LogP) is 2.19. The van der Waals surface area contributed by atoms with Crippen molar-refractivity contribution in [1.29, 1.82) is 0 Å². The maximum Gasteiger partial charge on any atom is 0.122 e. The van der Waals surface area contributed by atoms with E-state index >= 15 is 0 Å². The summed E-state index contributed by atoms with van der Waals surface area (Å²) in [5.41, 5.74) is 8.74. The zero-order chi connectivity index (χ0) is 11.7. The van der Waals surface area contributed by atoms with Gasteiger partial charge in [-0.15, -0.1) is 0 Å². The second-order valence-electron chi connectivity index (χ2n) is 4.90. The summed E-state index contributed by atoms with van der Waals surface area (Å²) in [5.74, 6) is 1.03. The monoisotopic (exact) mass is 233 g/mol. The third-order valence-electron chi connectivity index (χ3n) is 3.68. The van der Waals surface area contributed by atoms with E-state index in [-0.39, 0.29) is 12.1 Å². The first-order valence-electron chi connectivity index (χ1n) is 6.47. The summed E-state index contributed by atoms with van der Waals surface area (Å²) in [6.45, 7) is 1.69. The number of hydrogen-bond donors (Lipinski definition) is 1. The highest BCUT2D eigenvalue weighted by molar-refractivity contribution is 5.39. The first kappa shape index (κ1) is 11.1. The summed E-state index contributed by atoms with van der Waals surface area (Å²) in [5, 5.41) is 0. The van der Waals surface area contributed by atoms with Crippen LogP contribution in [0.5, 0.6) is 5.75 Å². The van der Waals surface area contributed by atoms with Crippen LogP contribution in [0.1, 0.15) is 36.4 Å². The van der Waals surface area contributed by atoms with Crippen molar-refractivity contribution in [3.05, 3.63) is 29.3 Å². The maximum atomic E-state index is 6.27. The Balaban J connectivity index is 1.82. The molecule has 1 aromatic carbocycles. The summed E-state index contributed by atoms with van der Waals surface area (Å²) in [6.07, 6.45) is 4.60. The van der Waals surface area contributed by atoms with Gasteiger partial charge in [0, 0.05) is 6.61 Å². The topological polar surface area (TPSA) is 44.5 Å². The fourth-order valence-corrected chi connectivity index (χ4v) is 2.69. The van der Waals surface area contributed by atoms with E-state index in [1.54, 1.807) is 0 Å². The molecule has 2 aliphatic rings. The van der Waals surface area contributed by atoms with Crippen molar-refractivity contribution in [2.24, 2.45) is 5.73 Å². The van der Waals surface area contributed by atoms with Crippen molar-refractivity contribution in [3.8, 4) is 5.75 Å². The van der Waals surface area contributed by atoms with E-state index < -0.39 is 0 Å². The molecule has 1 saturated heterocycles. The molecule has 0 amide bonds. The Labute approximate surface area is 102 Å². The normalized spacial score (nSPS) is 25.1. The average Bonchev–Trinajstić information content (AvgIpc) is 2.91. The highest BCUT2D eigenvalue weighted by Gasteiger charge is 2.25. The Morgan fingerprint density at radius 1 is 1.24 bits per heavy atom. The molecule has 2 N–H and O–H groups in total. The van der Waals surface area contributed by atoms with E-state index in [0.717, 1.165) is 44.6 Å². The van der Waals surface area contributed by atoms with Gasteiger partial charge in [-0.2, -0.15) is 0 Å². The van der Waals surface area contributed by atoms with Crippen LogP contribution in [0.3, 0.4) is 0 Å². The summed E-state index contributed by atoms with van der Waals surface area (Å²) in [6, 6.07) is 6.33. The molecule has 0 aliphatic carbocycles. The van der Waals surface area contributed by atoms with Gasteiger partial charge in [0.1, 0.15) is 5.75 Å². The molecule has 2 unspecified atom stereocenters. The van der Waals surface area contributed by atoms with Crippen LogP contribution < -0.4 is 10.5 Å². The van der Waals surface area contributed by atoms with E-state index in [1.165, 1.54) is 11.1 Å². The minimum atomic E-state index is 0.00438. The maximum absolute atomic E-state index is 6.27. The second-order valence-corrected chi connectivity index (χ2v) is 4.90. The summed E-state index contributed by atoms with van der Waals surface area (Å²) >= 11 is 0. The minimum Gasteiger partial charge on any atom is -0.493 e. The van der Waals surface area contributed by atoms with Crippen LogP contribution in [0.4, 0.5) is 0 Å². The number of ether oxygens (including phenoxy) is 2. The van der Waals surface area contributed by atoms with Crippen molar-refractivity contribution >= 4 is 0 Å². The zero-order valence-corrected chi connectivity index (χ0v) is 10.0. The number of hydrogen-bond acceptors (Lipinski definition) is 3. The third-order valence-corrected chi connectivity index (χ3v) is 3.68. The number of aryl methyl sites for hydroxylation is 1. The van der Waals surface area contributed by atoms with Gasteiger partial charge in [-0.1, -0.05) is 12.1 Å². The fourth-order valence-electron chi connectivity index (χ4n) is 2.69. The first-order chi connectivity index (χ1) is 8.34. The fraction of sp³-hybridized carbons (Fsp3) is 0.571. The molecule has 2 aliphatic heterocycles.